The number of nitrogens with one attached hydrogen (secondary N) is 1. The maximum absolute atomic E-state index is 13.4. The fraction of sp³-hybridized carbons (Fsp3) is 0.235. The first kappa shape index (κ1) is 15.9. The van der Waals surface area contributed by atoms with E-state index in [0.29, 0.717) is 22.0 Å². The summed E-state index contributed by atoms with van der Waals surface area (Å²) in [6.45, 7) is 1.51. The van der Waals surface area contributed by atoms with Crippen LogP contribution in [0.3, 0.4) is 0 Å². The van der Waals surface area contributed by atoms with E-state index in [2.05, 4.69) is 15.3 Å². The molecule has 3 heterocycles. The molecule has 1 aliphatic heterocycles. The van der Waals surface area contributed by atoms with Gasteiger partial charge in [-0.15, -0.1) is 11.3 Å². The maximum Gasteiger partial charge on any atom is 0.323 e. The first-order valence-corrected chi connectivity index (χ1v) is 8.71. The van der Waals surface area contributed by atoms with Crippen LogP contribution in [0.4, 0.5) is 19.4 Å². The van der Waals surface area contributed by atoms with Gasteiger partial charge >= 0.3 is 6.03 Å². The monoisotopic (exact) mass is 360 g/mol. The molecule has 0 aliphatic carbocycles. The average Bonchev–Trinajstić information content (AvgIpc) is 3.26. The lowest BCUT2D eigenvalue weighted by Gasteiger charge is -2.15. The average molecular weight is 360 g/mol. The normalized spacial score (nSPS) is 14.2. The molecule has 0 spiro atoms. The molecule has 0 radical (unpaired) electrons. The van der Waals surface area contributed by atoms with Crippen LogP contribution in [-0.2, 0) is 0 Å². The number of benzene rings is 1. The molecule has 2 amide bonds. The van der Waals surface area contributed by atoms with Crippen molar-refractivity contribution in [2.75, 3.05) is 18.4 Å². The Labute approximate surface area is 146 Å². The van der Waals surface area contributed by atoms with Gasteiger partial charge in [0.1, 0.15) is 10.8 Å². The second-order valence-corrected chi connectivity index (χ2v) is 6.82. The van der Waals surface area contributed by atoms with Crippen molar-refractivity contribution in [2.45, 2.75) is 12.8 Å². The molecule has 0 saturated carbocycles. The zero-order valence-corrected chi connectivity index (χ0v) is 13.9. The molecule has 128 valence electrons. The number of nitrogens with zero attached hydrogens (tertiary/aromatic N) is 3. The Morgan fingerprint density at radius 2 is 1.88 bits per heavy atom. The molecule has 1 aliphatic rings. The van der Waals surface area contributed by atoms with Crippen molar-refractivity contribution in [3.8, 4) is 10.6 Å². The molecule has 5 nitrogen and oxygen atoms in total. The Balaban J connectivity index is 1.60. The van der Waals surface area contributed by atoms with E-state index in [0.717, 1.165) is 42.8 Å². The number of urea groups is 1. The summed E-state index contributed by atoms with van der Waals surface area (Å²) in [6.07, 6.45) is 2.03. The van der Waals surface area contributed by atoms with Crippen LogP contribution in [0.2, 0.25) is 0 Å². The van der Waals surface area contributed by atoms with Gasteiger partial charge in [-0.05, 0) is 43.2 Å². The van der Waals surface area contributed by atoms with Crippen molar-refractivity contribution in [1.29, 1.82) is 0 Å². The highest BCUT2D eigenvalue weighted by atomic mass is 32.1. The summed E-state index contributed by atoms with van der Waals surface area (Å²) < 4.78 is 27.3. The largest absolute Gasteiger partial charge is 0.324 e. The van der Waals surface area contributed by atoms with Gasteiger partial charge in [0.2, 0.25) is 0 Å². The Morgan fingerprint density at radius 1 is 1.08 bits per heavy atom. The lowest BCUT2D eigenvalue weighted by atomic mass is 10.2. The highest BCUT2D eigenvalue weighted by Gasteiger charge is 2.18. The van der Waals surface area contributed by atoms with Crippen molar-refractivity contribution in [1.82, 2.24) is 14.9 Å². The molecule has 1 saturated heterocycles. The van der Waals surface area contributed by atoms with Crippen LogP contribution in [-0.4, -0.2) is 34.0 Å². The standard InChI is InChI=1S/C17H14F2N4OS/c18-11-4-3-10(9-12(11)19)16-22-15-13(25-16)5-6-14(20-15)21-17(24)23-7-1-2-8-23/h3-6,9H,1-2,7-8H2,(H,20,21,24). The van der Waals surface area contributed by atoms with Crippen molar-refractivity contribution in [3.63, 3.8) is 0 Å². The Morgan fingerprint density at radius 3 is 2.64 bits per heavy atom. The lowest BCUT2D eigenvalue weighted by Crippen LogP contribution is -2.32. The fourth-order valence-electron chi connectivity index (χ4n) is 2.75. The van der Waals surface area contributed by atoms with E-state index in [1.165, 1.54) is 17.4 Å². The number of likely N-dealkylation sites (tertiary alicyclic amines) is 1. The molecule has 0 bridgehead atoms. The number of anilines is 1. The third-order valence-corrected chi connectivity index (χ3v) is 5.11. The predicted molar refractivity (Wildman–Crippen MR) is 92.6 cm³/mol. The number of carbonyl (C=O) groups excluding carboxylic acids is 1. The van der Waals surface area contributed by atoms with Gasteiger partial charge < -0.3 is 4.90 Å². The zero-order chi connectivity index (χ0) is 17.4. The molecule has 8 heteroatoms. The quantitative estimate of drug-likeness (QED) is 0.743. The molecule has 1 aromatic carbocycles. The third-order valence-electron chi connectivity index (χ3n) is 4.05. The number of rotatable bonds is 2. The van der Waals surface area contributed by atoms with E-state index >= 15 is 0 Å². The van der Waals surface area contributed by atoms with Crippen molar-refractivity contribution in [3.05, 3.63) is 42.0 Å². The van der Waals surface area contributed by atoms with Crippen LogP contribution in [0, 0.1) is 11.6 Å². The maximum atomic E-state index is 13.4. The summed E-state index contributed by atoms with van der Waals surface area (Å²) in [6, 6.07) is 7.02. The van der Waals surface area contributed by atoms with E-state index in [1.807, 2.05) is 6.07 Å². The van der Waals surface area contributed by atoms with Gasteiger partial charge in [0.25, 0.3) is 0 Å². The Hall–Kier alpha value is -2.61. The molecule has 0 atom stereocenters. The summed E-state index contributed by atoms with van der Waals surface area (Å²) in [7, 11) is 0. The molecule has 0 unspecified atom stereocenters. The van der Waals surface area contributed by atoms with E-state index in [-0.39, 0.29) is 6.03 Å². The summed E-state index contributed by atoms with van der Waals surface area (Å²) in [5, 5.41) is 3.32. The Kier molecular flexibility index (Phi) is 4.04. The first-order chi connectivity index (χ1) is 12.1. The SMILES string of the molecule is O=C(Nc1ccc2sc(-c3ccc(F)c(F)c3)nc2n1)N1CCCC1. The fourth-order valence-corrected chi connectivity index (χ4v) is 3.65. The second kappa shape index (κ2) is 6.36. The van der Waals surface area contributed by atoms with Gasteiger partial charge in [0, 0.05) is 18.7 Å². The summed E-state index contributed by atoms with van der Waals surface area (Å²) in [4.78, 5) is 22.6. The van der Waals surface area contributed by atoms with Crippen molar-refractivity contribution < 1.29 is 13.6 Å². The molecule has 1 N–H and O–H groups in total. The third kappa shape index (κ3) is 3.17. The predicted octanol–water partition coefficient (Wildman–Crippen LogP) is 4.26. The number of hydrogen-bond acceptors (Lipinski definition) is 4. The van der Waals surface area contributed by atoms with Gasteiger partial charge in [-0.25, -0.2) is 23.5 Å². The van der Waals surface area contributed by atoms with Gasteiger partial charge in [-0.1, -0.05) is 0 Å². The van der Waals surface area contributed by atoms with Crippen LogP contribution < -0.4 is 5.32 Å². The number of halogens is 2. The number of carbonyl (C=O) groups is 1. The van der Waals surface area contributed by atoms with Crippen molar-refractivity contribution >= 4 is 33.5 Å². The molecule has 1 fully saturated rings. The minimum absolute atomic E-state index is 0.166. The molecular formula is C17H14F2N4OS. The van der Waals surface area contributed by atoms with E-state index in [9.17, 15) is 13.6 Å². The first-order valence-electron chi connectivity index (χ1n) is 7.89. The van der Waals surface area contributed by atoms with Crippen LogP contribution >= 0.6 is 11.3 Å². The number of pyridine rings is 1. The number of fused-ring (bicyclic) bond motifs is 1. The van der Waals surface area contributed by atoms with Crippen LogP contribution in [0.1, 0.15) is 12.8 Å². The van der Waals surface area contributed by atoms with Gasteiger partial charge in [-0.2, -0.15) is 0 Å². The van der Waals surface area contributed by atoms with Gasteiger partial charge in [0.05, 0.1) is 4.70 Å². The molecule has 4 rings (SSSR count). The lowest BCUT2D eigenvalue weighted by molar-refractivity contribution is 0.222. The van der Waals surface area contributed by atoms with Gasteiger partial charge in [0.15, 0.2) is 17.3 Å². The van der Waals surface area contributed by atoms with E-state index < -0.39 is 11.6 Å². The molecule has 3 aromatic rings. The minimum Gasteiger partial charge on any atom is -0.324 e. The van der Waals surface area contributed by atoms with Crippen LogP contribution in [0.25, 0.3) is 20.9 Å². The second-order valence-electron chi connectivity index (χ2n) is 5.79. The summed E-state index contributed by atoms with van der Waals surface area (Å²) in [5.41, 5.74) is 0.952. The van der Waals surface area contributed by atoms with Crippen molar-refractivity contribution in [2.24, 2.45) is 0 Å². The number of thiazole rings is 1. The topological polar surface area (TPSA) is 58.1 Å². The van der Waals surface area contributed by atoms with Crippen LogP contribution in [0.5, 0.6) is 0 Å². The summed E-state index contributed by atoms with van der Waals surface area (Å²) in [5.74, 6) is -1.38. The number of amides is 2. The van der Waals surface area contributed by atoms with Gasteiger partial charge in [-0.3, -0.25) is 5.32 Å². The molecule has 25 heavy (non-hydrogen) atoms. The number of hydrogen-bond donors (Lipinski definition) is 1. The van der Waals surface area contributed by atoms with E-state index in [4.69, 9.17) is 0 Å². The van der Waals surface area contributed by atoms with Crippen LogP contribution in [0.15, 0.2) is 30.3 Å². The van der Waals surface area contributed by atoms with E-state index in [1.54, 1.807) is 11.0 Å². The highest BCUT2D eigenvalue weighted by Crippen LogP contribution is 2.30. The highest BCUT2D eigenvalue weighted by molar-refractivity contribution is 7.21. The summed E-state index contributed by atoms with van der Waals surface area (Å²) >= 11 is 1.33. The molecular weight excluding hydrogens is 346 g/mol. The smallest absolute Gasteiger partial charge is 0.323 e. The zero-order valence-electron chi connectivity index (χ0n) is 13.1. The number of aromatic nitrogens is 2. The molecule has 2 aromatic heterocycles. The Bertz CT molecular complexity index is 953. The minimum atomic E-state index is -0.914.